The van der Waals surface area contributed by atoms with Crippen molar-refractivity contribution in [1.82, 2.24) is 0 Å². The van der Waals surface area contributed by atoms with E-state index in [-0.39, 0.29) is 38.6 Å². The normalized spacial score (nSPS) is 22.5. The van der Waals surface area contributed by atoms with Crippen molar-refractivity contribution in [3.05, 3.63) is 83.9 Å². The SMILES string of the molecule is C=CCOC(=O)C1(Cc2ccccc2)C[C@]2([C@H](C)Cc3cc(OCCCC)c(OC)cc3F)OCOC2=CC1=O. The first-order chi connectivity index (χ1) is 19.3. The molecule has 2 aliphatic rings. The first-order valence-electron chi connectivity index (χ1n) is 13.6. The number of hydrogen-bond acceptors (Lipinski definition) is 7. The number of ether oxygens (including phenoxy) is 5. The van der Waals surface area contributed by atoms with Crippen LogP contribution in [-0.4, -0.2) is 44.5 Å². The number of carbonyl (C=O) groups excluding carboxylic acids is 2. The number of benzene rings is 2. The summed E-state index contributed by atoms with van der Waals surface area (Å²) in [6.07, 6.45) is 4.98. The van der Waals surface area contributed by atoms with Crippen molar-refractivity contribution in [2.24, 2.45) is 11.3 Å². The van der Waals surface area contributed by atoms with Crippen molar-refractivity contribution in [2.45, 2.75) is 51.6 Å². The second-order valence-corrected chi connectivity index (χ2v) is 10.4. The lowest BCUT2D eigenvalue weighted by atomic mass is 9.62. The molecule has 0 N–H and O–H groups in total. The Morgan fingerprint density at radius 2 is 2.00 bits per heavy atom. The summed E-state index contributed by atoms with van der Waals surface area (Å²) in [6.45, 7) is 7.96. The van der Waals surface area contributed by atoms with Crippen LogP contribution < -0.4 is 9.47 Å². The van der Waals surface area contributed by atoms with Crippen LogP contribution in [0.25, 0.3) is 0 Å². The Labute approximate surface area is 234 Å². The predicted octanol–water partition coefficient (Wildman–Crippen LogP) is 5.75. The van der Waals surface area contributed by atoms with Gasteiger partial charge in [0.1, 0.15) is 29.2 Å². The molecule has 0 radical (unpaired) electrons. The Morgan fingerprint density at radius 1 is 1.23 bits per heavy atom. The summed E-state index contributed by atoms with van der Waals surface area (Å²) >= 11 is 0. The van der Waals surface area contributed by atoms with E-state index in [1.165, 1.54) is 25.3 Å². The van der Waals surface area contributed by atoms with Gasteiger partial charge in [-0.05, 0) is 42.4 Å². The number of ketones is 1. The van der Waals surface area contributed by atoms with Gasteiger partial charge < -0.3 is 23.7 Å². The fraction of sp³-hybridized carbons (Fsp3) is 0.438. The van der Waals surface area contributed by atoms with Crippen LogP contribution in [0, 0.1) is 17.2 Å². The van der Waals surface area contributed by atoms with Crippen LogP contribution in [0.4, 0.5) is 4.39 Å². The maximum absolute atomic E-state index is 15.3. The largest absolute Gasteiger partial charge is 0.493 e. The van der Waals surface area contributed by atoms with Gasteiger partial charge in [0, 0.05) is 18.6 Å². The third-order valence-corrected chi connectivity index (χ3v) is 7.73. The Morgan fingerprint density at radius 3 is 2.70 bits per heavy atom. The Hall–Kier alpha value is -3.65. The van der Waals surface area contributed by atoms with Crippen LogP contribution in [0.15, 0.2) is 67.0 Å². The van der Waals surface area contributed by atoms with Gasteiger partial charge >= 0.3 is 5.97 Å². The maximum atomic E-state index is 15.3. The number of halogens is 1. The van der Waals surface area contributed by atoms with Crippen LogP contribution in [0.3, 0.4) is 0 Å². The molecule has 1 heterocycles. The van der Waals surface area contributed by atoms with E-state index in [1.807, 2.05) is 37.3 Å². The van der Waals surface area contributed by atoms with Gasteiger partial charge in [0.2, 0.25) is 0 Å². The average molecular weight is 553 g/mol. The lowest BCUT2D eigenvalue weighted by Gasteiger charge is -2.43. The molecule has 0 aromatic heterocycles. The Kier molecular flexibility index (Phi) is 9.30. The molecule has 214 valence electrons. The number of hydrogen-bond donors (Lipinski definition) is 0. The summed E-state index contributed by atoms with van der Waals surface area (Å²) in [6, 6.07) is 12.3. The number of rotatable bonds is 13. The number of unbranched alkanes of at least 4 members (excludes halogenated alkanes) is 1. The van der Waals surface area contributed by atoms with E-state index in [1.54, 1.807) is 6.07 Å². The van der Waals surface area contributed by atoms with Crippen LogP contribution in [0.2, 0.25) is 0 Å². The molecule has 0 saturated carbocycles. The van der Waals surface area contributed by atoms with Crippen molar-refractivity contribution in [3.63, 3.8) is 0 Å². The highest BCUT2D eigenvalue weighted by atomic mass is 19.1. The number of esters is 1. The highest BCUT2D eigenvalue weighted by Crippen LogP contribution is 2.51. The lowest BCUT2D eigenvalue weighted by Crippen LogP contribution is -2.54. The standard InChI is InChI=1S/C32H37FO7/c1-5-7-14-37-27-16-24(25(33)17-26(27)36-4)15-22(3)32-20-31(30(35)38-13-6-2,19-23-11-9-8-10-12-23)28(34)18-29(32)39-21-40-32/h6,8-12,16-18,22H,2,5,7,13-15,19-21H2,1,3-4H3/t22-,31?,32-/m1/s1. The summed E-state index contributed by atoms with van der Waals surface area (Å²) in [4.78, 5) is 27.2. The third-order valence-electron chi connectivity index (χ3n) is 7.73. The third kappa shape index (κ3) is 5.77. The van der Waals surface area contributed by atoms with Crippen LogP contribution in [0.5, 0.6) is 11.5 Å². The summed E-state index contributed by atoms with van der Waals surface area (Å²) < 4.78 is 44.0. The fourth-order valence-electron chi connectivity index (χ4n) is 5.48. The van der Waals surface area contributed by atoms with Crippen LogP contribution >= 0.6 is 0 Å². The van der Waals surface area contributed by atoms with Crippen molar-refractivity contribution >= 4 is 11.8 Å². The highest BCUT2D eigenvalue weighted by Gasteiger charge is 2.61. The molecule has 8 heteroatoms. The minimum Gasteiger partial charge on any atom is -0.493 e. The molecule has 1 aliphatic carbocycles. The second kappa shape index (κ2) is 12.7. The van der Waals surface area contributed by atoms with Gasteiger partial charge in [-0.15, -0.1) is 0 Å². The van der Waals surface area contributed by atoms with E-state index in [4.69, 9.17) is 23.7 Å². The molecule has 4 rings (SSSR count). The second-order valence-electron chi connectivity index (χ2n) is 10.4. The van der Waals surface area contributed by atoms with Gasteiger partial charge in [-0.1, -0.05) is 63.3 Å². The number of allylic oxidation sites excluding steroid dienone is 1. The molecule has 0 spiro atoms. The summed E-state index contributed by atoms with van der Waals surface area (Å²) in [5.41, 5.74) is -1.49. The Bertz CT molecular complexity index is 1260. The summed E-state index contributed by atoms with van der Waals surface area (Å²) in [7, 11) is 1.47. The maximum Gasteiger partial charge on any atom is 0.320 e. The van der Waals surface area contributed by atoms with Crippen LogP contribution in [0.1, 0.15) is 44.2 Å². The molecule has 2 aromatic rings. The van der Waals surface area contributed by atoms with E-state index in [2.05, 4.69) is 13.5 Å². The Balaban J connectivity index is 1.71. The molecule has 40 heavy (non-hydrogen) atoms. The van der Waals surface area contributed by atoms with Gasteiger partial charge in [0.05, 0.1) is 13.7 Å². The molecule has 2 aromatic carbocycles. The molecule has 1 aliphatic heterocycles. The zero-order chi connectivity index (χ0) is 28.8. The van der Waals surface area contributed by atoms with Crippen LogP contribution in [-0.2, 0) is 36.6 Å². The molecule has 0 bridgehead atoms. The minimum absolute atomic E-state index is 0.00562. The molecule has 0 amide bonds. The van der Waals surface area contributed by atoms with Crippen molar-refractivity contribution < 1.29 is 37.7 Å². The molecule has 3 atom stereocenters. The van der Waals surface area contributed by atoms with E-state index in [9.17, 15) is 9.59 Å². The summed E-state index contributed by atoms with van der Waals surface area (Å²) in [5, 5.41) is 0. The summed E-state index contributed by atoms with van der Waals surface area (Å²) in [5.74, 6) is -0.764. The van der Waals surface area contributed by atoms with E-state index >= 15 is 4.39 Å². The van der Waals surface area contributed by atoms with Crippen molar-refractivity contribution in [2.75, 3.05) is 27.1 Å². The predicted molar refractivity (Wildman–Crippen MR) is 147 cm³/mol. The van der Waals surface area contributed by atoms with Gasteiger partial charge in [-0.2, -0.15) is 0 Å². The average Bonchev–Trinajstić information content (AvgIpc) is 3.37. The first kappa shape index (κ1) is 29.3. The zero-order valence-electron chi connectivity index (χ0n) is 23.4. The number of carbonyl (C=O) groups is 2. The monoisotopic (exact) mass is 552 g/mol. The fourth-order valence-corrected chi connectivity index (χ4v) is 5.48. The minimum atomic E-state index is -1.55. The van der Waals surface area contributed by atoms with Gasteiger partial charge in [-0.3, -0.25) is 9.59 Å². The molecule has 1 saturated heterocycles. The molecular weight excluding hydrogens is 515 g/mol. The lowest BCUT2D eigenvalue weighted by molar-refractivity contribution is -0.165. The number of methoxy groups -OCH3 is 1. The first-order valence-corrected chi connectivity index (χ1v) is 13.6. The van der Waals surface area contributed by atoms with E-state index < -0.39 is 28.6 Å². The molecule has 1 unspecified atom stereocenters. The van der Waals surface area contributed by atoms with E-state index in [0.29, 0.717) is 29.4 Å². The van der Waals surface area contributed by atoms with Gasteiger partial charge in [0.25, 0.3) is 0 Å². The van der Waals surface area contributed by atoms with Crippen molar-refractivity contribution in [3.8, 4) is 11.5 Å². The highest BCUT2D eigenvalue weighted by molar-refractivity contribution is 6.11. The van der Waals surface area contributed by atoms with E-state index in [0.717, 1.165) is 18.4 Å². The molecular formula is C32H37FO7. The molecule has 7 nitrogen and oxygen atoms in total. The topological polar surface area (TPSA) is 80.3 Å². The zero-order valence-corrected chi connectivity index (χ0v) is 23.4. The quantitative estimate of drug-likeness (QED) is 0.135. The van der Waals surface area contributed by atoms with Crippen molar-refractivity contribution in [1.29, 1.82) is 0 Å². The van der Waals surface area contributed by atoms with Gasteiger partial charge in [0.15, 0.2) is 24.1 Å². The molecule has 1 fully saturated rings. The van der Waals surface area contributed by atoms with Gasteiger partial charge in [-0.25, -0.2) is 4.39 Å². The number of fused-ring (bicyclic) bond motifs is 1. The smallest absolute Gasteiger partial charge is 0.320 e.